The molecule has 0 saturated heterocycles. The van der Waals surface area contributed by atoms with E-state index in [1.165, 1.54) is 0 Å². The number of rotatable bonds is 8. The lowest BCUT2D eigenvalue weighted by atomic mass is 10.1. The molecular formula is C10H21NO3. The van der Waals surface area contributed by atoms with E-state index in [0.29, 0.717) is 19.1 Å². The highest BCUT2D eigenvalue weighted by atomic mass is 16.5. The number of carbonyl (C=O) groups is 1. The third kappa shape index (κ3) is 8.01. The van der Waals surface area contributed by atoms with E-state index in [9.17, 15) is 4.79 Å². The van der Waals surface area contributed by atoms with Crippen LogP contribution in [0.25, 0.3) is 0 Å². The average Bonchev–Trinajstić information content (AvgIpc) is 2.09. The Balaban J connectivity index is 3.17. The molecule has 4 heteroatoms. The van der Waals surface area contributed by atoms with Crippen LogP contribution in [-0.4, -0.2) is 36.9 Å². The second kappa shape index (κ2) is 7.76. The second-order valence-electron chi connectivity index (χ2n) is 3.81. The van der Waals surface area contributed by atoms with Gasteiger partial charge in [0.2, 0.25) is 0 Å². The molecule has 0 aliphatic rings. The Morgan fingerprint density at radius 1 is 1.36 bits per heavy atom. The number of carboxylic acid groups (broad SMARTS) is 1. The lowest BCUT2D eigenvalue weighted by Gasteiger charge is -2.09. The molecule has 0 fully saturated rings. The molecule has 0 aliphatic heterocycles. The Bertz CT molecular complexity index is 159. The summed E-state index contributed by atoms with van der Waals surface area (Å²) in [6.07, 6.45) is 1.05. The standard InChI is InChI=1S/C10H21NO3/c1-8(2)4-6-14-7-5-11-9(3)10(12)13/h8-9,11H,4-7H2,1-3H3,(H,12,13)/t9-/m0/s1. The van der Waals surface area contributed by atoms with Gasteiger partial charge in [-0.05, 0) is 19.3 Å². The molecule has 0 saturated carbocycles. The predicted octanol–water partition coefficient (Wildman–Crippen LogP) is 1.11. The summed E-state index contributed by atoms with van der Waals surface area (Å²) in [5.41, 5.74) is 0. The van der Waals surface area contributed by atoms with E-state index in [-0.39, 0.29) is 0 Å². The van der Waals surface area contributed by atoms with E-state index in [1.54, 1.807) is 6.92 Å². The fourth-order valence-corrected chi connectivity index (χ4v) is 0.856. The van der Waals surface area contributed by atoms with Crippen molar-refractivity contribution in [2.24, 2.45) is 5.92 Å². The van der Waals surface area contributed by atoms with Gasteiger partial charge in [0.1, 0.15) is 6.04 Å². The van der Waals surface area contributed by atoms with E-state index in [1.807, 2.05) is 0 Å². The zero-order chi connectivity index (χ0) is 11.0. The molecule has 0 aromatic carbocycles. The highest BCUT2D eigenvalue weighted by Gasteiger charge is 2.08. The Hall–Kier alpha value is -0.610. The van der Waals surface area contributed by atoms with Gasteiger partial charge in [-0.25, -0.2) is 0 Å². The molecule has 0 aromatic rings. The van der Waals surface area contributed by atoms with Crippen molar-refractivity contribution in [3.05, 3.63) is 0 Å². The van der Waals surface area contributed by atoms with Crippen LogP contribution in [0.5, 0.6) is 0 Å². The molecule has 0 bridgehead atoms. The molecule has 4 nitrogen and oxygen atoms in total. The highest BCUT2D eigenvalue weighted by Crippen LogP contribution is 1.98. The molecule has 0 aliphatic carbocycles. The van der Waals surface area contributed by atoms with Crippen LogP contribution in [0.1, 0.15) is 27.2 Å². The maximum absolute atomic E-state index is 10.4. The Labute approximate surface area is 85.6 Å². The molecule has 0 spiro atoms. The first-order valence-electron chi connectivity index (χ1n) is 5.08. The smallest absolute Gasteiger partial charge is 0.320 e. The molecule has 0 aromatic heterocycles. The van der Waals surface area contributed by atoms with Gasteiger partial charge in [-0.1, -0.05) is 13.8 Å². The number of aliphatic carboxylic acids is 1. The highest BCUT2D eigenvalue weighted by molar-refractivity contribution is 5.72. The number of ether oxygens (including phenoxy) is 1. The zero-order valence-electron chi connectivity index (χ0n) is 9.25. The summed E-state index contributed by atoms with van der Waals surface area (Å²) in [5.74, 6) is -0.173. The van der Waals surface area contributed by atoms with Crippen LogP contribution < -0.4 is 5.32 Å². The maximum atomic E-state index is 10.4. The van der Waals surface area contributed by atoms with Gasteiger partial charge in [0.25, 0.3) is 0 Å². The van der Waals surface area contributed by atoms with Gasteiger partial charge < -0.3 is 15.2 Å². The van der Waals surface area contributed by atoms with Crippen molar-refractivity contribution in [3.8, 4) is 0 Å². The van der Waals surface area contributed by atoms with Gasteiger partial charge in [0.05, 0.1) is 6.61 Å². The lowest BCUT2D eigenvalue weighted by Crippen LogP contribution is -2.35. The fraction of sp³-hybridized carbons (Fsp3) is 0.900. The number of hydrogen-bond donors (Lipinski definition) is 2. The topological polar surface area (TPSA) is 58.6 Å². The van der Waals surface area contributed by atoms with E-state index in [4.69, 9.17) is 9.84 Å². The zero-order valence-corrected chi connectivity index (χ0v) is 9.25. The van der Waals surface area contributed by atoms with Crippen molar-refractivity contribution in [1.82, 2.24) is 5.32 Å². The molecule has 0 amide bonds. The molecule has 84 valence electrons. The predicted molar refractivity (Wildman–Crippen MR) is 55.4 cm³/mol. The third-order valence-corrected chi connectivity index (χ3v) is 1.91. The summed E-state index contributed by atoms with van der Waals surface area (Å²) in [7, 11) is 0. The Kier molecular flexibility index (Phi) is 7.42. The normalized spacial score (nSPS) is 13.1. The van der Waals surface area contributed by atoms with Crippen molar-refractivity contribution >= 4 is 5.97 Å². The third-order valence-electron chi connectivity index (χ3n) is 1.91. The van der Waals surface area contributed by atoms with Crippen LogP contribution in [0.4, 0.5) is 0 Å². The van der Waals surface area contributed by atoms with Gasteiger partial charge in [-0.2, -0.15) is 0 Å². The van der Waals surface area contributed by atoms with Gasteiger partial charge in [-0.15, -0.1) is 0 Å². The largest absolute Gasteiger partial charge is 0.480 e. The van der Waals surface area contributed by atoms with E-state index in [2.05, 4.69) is 19.2 Å². The summed E-state index contributed by atoms with van der Waals surface area (Å²) < 4.78 is 5.32. The molecular weight excluding hydrogens is 182 g/mol. The van der Waals surface area contributed by atoms with Crippen LogP contribution in [-0.2, 0) is 9.53 Å². The SMILES string of the molecule is CC(C)CCOCCN[C@@H](C)C(=O)O. The molecule has 1 atom stereocenters. The first-order valence-corrected chi connectivity index (χ1v) is 5.08. The van der Waals surface area contributed by atoms with Gasteiger partial charge in [-0.3, -0.25) is 4.79 Å². The molecule has 2 N–H and O–H groups in total. The van der Waals surface area contributed by atoms with Gasteiger partial charge in [0, 0.05) is 13.2 Å². The van der Waals surface area contributed by atoms with Crippen LogP contribution in [0.3, 0.4) is 0 Å². The molecule has 0 rings (SSSR count). The summed E-state index contributed by atoms with van der Waals surface area (Å²) in [6, 6.07) is -0.497. The quantitative estimate of drug-likeness (QED) is 0.580. The lowest BCUT2D eigenvalue weighted by molar-refractivity contribution is -0.139. The summed E-state index contributed by atoms with van der Waals surface area (Å²) in [6.45, 7) is 7.83. The first-order chi connectivity index (χ1) is 6.54. The minimum Gasteiger partial charge on any atom is -0.480 e. The Morgan fingerprint density at radius 2 is 2.00 bits per heavy atom. The van der Waals surface area contributed by atoms with E-state index < -0.39 is 12.0 Å². The molecule has 0 heterocycles. The van der Waals surface area contributed by atoms with E-state index >= 15 is 0 Å². The summed E-state index contributed by atoms with van der Waals surface area (Å²) in [4.78, 5) is 10.4. The Morgan fingerprint density at radius 3 is 2.50 bits per heavy atom. The minimum atomic E-state index is -0.827. The summed E-state index contributed by atoms with van der Waals surface area (Å²) in [5, 5.41) is 11.4. The second-order valence-corrected chi connectivity index (χ2v) is 3.81. The number of nitrogens with one attached hydrogen (secondary N) is 1. The van der Waals surface area contributed by atoms with Crippen molar-refractivity contribution in [3.63, 3.8) is 0 Å². The molecule has 0 unspecified atom stereocenters. The van der Waals surface area contributed by atoms with E-state index in [0.717, 1.165) is 13.0 Å². The average molecular weight is 203 g/mol. The van der Waals surface area contributed by atoms with Gasteiger partial charge >= 0.3 is 5.97 Å². The number of hydrogen-bond acceptors (Lipinski definition) is 3. The maximum Gasteiger partial charge on any atom is 0.320 e. The van der Waals surface area contributed by atoms with Crippen LogP contribution in [0.2, 0.25) is 0 Å². The van der Waals surface area contributed by atoms with Crippen molar-refractivity contribution in [2.75, 3.05) is 19.8 Å². The molecule has 0 radical (unpaired) electrons. The van der Waals surface area contributed by atoms with Gasteiger partial charge in [0.15, 0.2) is 0 Å². The molecule has 14 heavy (non-hydrogen) atoms. The van der Waals surface area contributed by atoms with Crippen molar-refractivity contribution in [1.29, 1.82) is 0 Å². The first kappa shape index (κ1) is 13.4. The summed E-state index contributed by atoms with van der Waals surface area (Å²) >= 11 is 0. The van der Waals surface area contributed by atoms with Crippen LogP contribution in [0.15, 0.2) is 0 Å². The van der Waals surface area contributed by atoms with Crippen LogP contribution in [0, 0.1) is 5.92 Å². The van der Waals surface area contributed by atoms with Crippen molar-refractivity contribution < 1.29 is 14.6 Å². The monoisotopic (exact) mass is 203 g/mol. The van der Waals surface area contributed by atoms with Crippen molar-refractivity contribution in [2.45, 2.75) is 33.2 Å². The fourth-order valence-electron chi connectivity index (χ4n) is 0.856. The number of carboxylic acids is 1. The minimum absolute atomic E-state index is 0.497. The van der Waals surface area contributed by atoms with Crippen LogP contribution >= 0.6 is 0 Å².